The van der Waals surface area contributed by atoms with E-state index in [1.807, 2.05) is 0 Å². The summed E-state index contributed by atoms with van der Waals surface area (Å²) >= 11 is 0.882. The van der Waals surface area contributed by atoms with Gasteiger partial charge in [0.2, 0.25) is 0 Å². The second kappa shape index (κ2) is 6.31. The minimum Gasteiger partial charge on any atom is -0.508 e. The molecule has 1 aliphatic heterocycles. The summed E-state index contributed by atoms with van der Waals surface area (Å²) in [5.41, 5.74) is 4.20. The van der Waals surface area contributed by atoms with E-state index in [4.69, 9.17) is 15.7 Å². The zero-order chi connectivity index (χ0) is 19.1. The fourth-order valence-electron chi connectivity index (χ4n) is 2.36. The zero-order valence-electron chi connectivity index (χ0n) is 12.8. The Bertz CT molecular complexity index is 994. The topological polar surface area (TPSA) is 96.3 Å². The van der Waals surface area contributed by atoms with E-state index in [-0.39, 0.29) is 27.7 Å². The molecule has 0 bridgehead atoms. The molecule has 3 N–H and O–H groups in total. The molecule has 0 spiro atoms. The Labute approximate surface area is 149 Å². The molecule has 2 aromatic carbocycles. The highest BCUT2D eigenvalue weighted by Gasteiger charge is 2.32. The third kappa shape index (κ3) is 3.19. The summed E-state index contributed by atoms with van der Waals surface area (Å²) in [5, 5.41) is 18.8. The number of rotatable bonds is 2. The fraction of sp³-hybridized carbons (Fsp3) is 0.0588. The van der Waals surface area contributed by atoms with Gasteiger partial charge in [0.05, 0.1) is 10.5 Å². The molecule has 26 heavy (non-hydrogen) atoms. The number of carbonyl (C=O) groups is 1. The van der Waals surface area contributed by atoms with Gasteiger partial charge in [0.25, 0.3) is 5.91 Å². The lowest BCUT2D eigenvalue weighted by molar-refractivity contribution is -0.137. The molecule has 0 atom stereocenters. The molecule has 0 saturated heterocycles. The number of hydrogen-bond acceptors (Lipinski definition) is 5. The van der Waals surface area contributed by atoms with Gasteiger partial charge < -0.3 is 15.6 Å². The number of phenols is 1. The van der Waals surface area contributed by atoms with Crippen LogP contribution in [0.5, 0.6) is 11.5 Å². The number of aromatic hydroxyl groups is 1. The Morgan fingerprint density at radius 2 is 2.00 bits per heavy atom. The van der Waals surface area contributed by atoms with E-state index in [0.29, 0.717) is 4.90 Å². The normalized spacial score (nSPS) is 15.0. The van der Waals surface area contributed by atoms with E-state index in [9.17, 15) is 23.1 Å². The van der Waals surface area contributed by atoms with E-state index in [1.54, 1.807) is 6.07 Å². The lowest BCUT2D eigenvalue weighted by atomic mass is 10.0. The van der Waals surface area contributed by atoms with E-state index in [0.717, 1.165) is 23.9 Å². The number of amides is 1. The molecule has 1 aliphatic rings. The lowest BCUT2D eigenvalue weighted by Crippen LogP contribution is -2.15. The van der Waals surface area contributed by atoms with Crippen molar-refractivity contribution in [3.05, 3.63) is 52.6 Å². The maximum atomic E-state index is 13.0. The number of nitrogens with two attached hydrogens (primary N) is 1. The van der Waals surface area contributed by atoms with Crippen LogP contribution in [0.1, 0.15) is 5.56 Å². The van der Waals surface area contributed by atoms with Gasteiger partial charge in [-0.3, -0.25) is 4.79 Å². The minimum absolute atomic E-state index is 0.0891. The van der Waals surface area contributed by atoms with Crippen molar-refractivity contribution in [3.63, 3.8) is 0 Å². The molecule has 0 aromatic heterocycles. The van der Waals surface area contributed by atoms with E-state index >= 15 is 0 Å². The van der Waals surface area contributed by atoms with Gasteiger partial charge >= 0.3 is 6.18 Å². The fourth-order valence-corrected chi connectivity index (χ4v) is 3.36. The summed E-state index contributed by atoms with van der Waals surface area (Å²) in [6.07, 6.45) is -4.53. The second-order valence-corrected chi connectivity index (χ2v) is 6.26. The first-order valence-corrected chi connectivity index (χ1v) is 7.87. The van der Waals surface area contributed by atoms with Crippen LogP contribution in [-0.4, -0.2) is 11.0 Å². The number of benzene rings is 2. The Morgan fingerprint density at radius 1 is 1.27 bits per heavy atom. The van der Waals surface area contributed by atoms with Crippen molar-refractivity contribution in [1.82, 2.24) is 0 Å². The van der Waals surface area contributed by atoms with Crippen molar-refractivity contribution in [3.8, 4) is 28.7 Å². The average molecular weight is 378 g/mol. The first kappa shape index (κ1) is 17.7. The predicted octanol–water partition coefficient (Wildman–Crippen LogP) is 3.78. The Kier molecular flexibility index (Phi) is 4.29. The number of hydrogen-bond donors (Lipinski definition) is 2. The summed E-state index contributed by atoms with van der Waals surface area (Å²) in [5.74, 6) is -1.06. The maximum Gasteiger partial charge on any atom is 0.416 e. The highest BCUT2D eigenvalue weighted by Crippen LogP contribution is 2.51. The summed E-state index contributed by atoms with van der Waals surface area (Å²) < 4.78 is 44.4. The molecular formula is C17H9F3N2O3S. The van der Waals surface area contributed by atoms with Crippen LogP contribution in [0.25, 0.3) is 11.1 Å². The Balaban J connectivity index is 2.15. The van der Waals surface area contributed by atoms with E-state index in [1.165, 1.54) is 24.3 Å². The van der Waals surface area contributed by atoms with Gasteiger partial charge in [-0.05, 0) is 41.6 Å². The Morgan fingerprint density at radius 3 is 2.62 bits per heavy atom. The molecule has 1 heterocycles. The molecule has 9 heteroatoms. The lowest BCUT2D eigenvalue weighted by Gasteiger charge is -2.11. The average Bonchev–Trinajstić information content (AvgIpc) is 2.97. The largest absolute Gasteiger partial charge is 0.508 e. The number of carbonyl (C=O) groups excluding carboxylic acids is 1. The van der Waals surface area contributed by atoms with E-state index < -0.39 is 23.2 Å². The van der Waals surface area contributed by atoms with Crippen molar-refractivity contribution in [1.29, 1.82) is 5.26 Å². The summed E-state index contributed by atoms with van der Waals surface area (Å²) in [6, 6.07) is 8.70. The number of primary amides is 1. The van der Waals surface area contributed by atoms with Crippen molar-refractivity contribution in [2.45, 2.75) is 11.1 Å². The van der Waals surface area contributed by atoms with Gasteiger partial charge in [-0.1, -0.05) is 12.1 Å². The third-order valence-corrected chi connectivity index (χ3v) is 4.50. The molecule has 0 fully saturated rings. The van der Waals surface area contributed by atoms with Gasteiger partial charge in [-0.25, -0.2) is 0 Å². The number of fused-ring (bicyclic) bond motifs is 1. The van der Waals surface area contributed by atoms with Gasteiger partial charge in [0, 0.05) is 5.56 Å². The summed E-state index contributed by atoms with van der Waals surface area (Å²) in [4.78, 5) is 11.7. The van der Waals surface area contributed by atoms with Crippen LogP contribution in [0, 0.1) is 11.3 Å². The molecular weight excluding hydrogens is 369 g/mol. The first-order valence-electron chi connectivity index (χ1n) is 7.05. The number of nitriles is 1. The molecule has 0 aliphatic carbocycles. The molecule has 0 saturated carbocycles. The Hall–Kier alpha value is -3.12. The first-order chi connectivity index (χ1) is 12.2. The van der Waals surface area contributed by atoms with Gasteiger partial charge in [0.15, 0.2) is 10.7 Å². The maximum absolute atomic E-state index is 13.0. The molecule has 2 aromatic rings. The van der Waals surface area contributed by atoms with Crippen LogP contribution < -0.4 is 10.5 Å². The summed E-state index contributed by atoms with van der Waals surface area (Å²) in [7, 11) is 0. The van der Waals surface area contributed by atoms with Crippen molar-refractivity contribution in [2.75, 3.05) is 0 Å². The van der Waals surface area contributed by atoms with Gasteiger partial charge in [0.1, 0.15) is 17.6 Å². The smallest absolute Gasteiger partial charge is 0.416 e. The van der Waals surface area contributed by atoms with Gasteiger partial charge in [-0.2, -0.15) is 18.4 Å². The molecule has 1 amide bonds. The van der Waals surface area contributed by atoms with Crippen molar-refractivity contribution < 1.29 is 27.8 Å². The summed E-state index contributed by atoms with van der Waals surface area (Å²) in [6.45, 7) is 0. The highest BCUT2D eigenvalue weighted by atomic mass is 32.2. The predicted molar refractivity (Wildman–Crippen MR) is 86.9 cm³/mol. The second-order valence-electron chi connectivity index (χ2n) is 5.24. The number of ether oxygens (including phenoxy) is 1. The van der Waals surface area contributed by atoms with Crippen LogP contribution in [0.4, 0.5) is 13.2 Å². The number of thioether (sulfide) groups is 1. The van der Waals surface area contributed by atoms with Crippen molar-refractivity contribution in [2.24, 2.45) is 5.73 Å². The standard InChI is InChI=1S/C17H9F3N2O3S/c18-17(19,20)9-3-1-2-8(4-9)11-5-10(23)6-13-14(11)25-16(26-13)12(7-21)15(22)24/h1-6,23H,(H2,22,24)/b16-12-. The number of alkyl halides is 3. The molecule has 132 valence electrons. The molecule has 0 radical (unpaired) electrons. The zero-order valence-corrected chi connectivity index (χ0v) is 13.6. The molecule has 5 nitrogen and oxygen atoms in total. The van der Waals surface area contributed by atoms with Crippen molar-refractivity contribution >= 4 is 17.7 Å². The highest BCUT2D eigenvalue weighted by molar-refractivity contribution is 8.03. The van der Waals surface area contributed by atoms with Gasteiger partial charge in [-0.15, -0.1) is 0 Å². The van der Waals surface area contributed by atoms with Crippen LogP contribution in [0.3, 0.4) is 0 Å². The monoisotopic (exact) mass is 378 g/mol. The minimum atomic E-state index is -4.53. The van der Waals surface area contributed by atoms with E-state index in [2.05, 4.69) is 0 Å². The van der Waals surface area contributed by atoms with Crippen LogP contribution in [-0.2, 0) is 11.0 Å². The number of nitrogens with zero attached hydrogens (tertiary/aromatic N) is 1. The van der Waals surface area contributed by atoms with Crippen LogP contribution >= 0.6 is 11.8 Å². The SMILES string of the molecule is N#C/C(C(N)=O)=C1\Oc2c(cc(O)cc2-c2cccc(C(F)(F)F)c2)S1. The quantitative estimate of drug-likeness (QED) is 0.612. The number of phenolic OH excluding ortho intramolecular Hbond substituents is 1. The molecule has 0 unspecified atom stereocenters. The molecule has 3 rings (SSSR count). The number of halogens is 3. The third-order valence-electron chi connectivity index (χ3n) is 3.50. The van der Waals surface area contributed by atoms with Crippen LogP contribution in [0.15, 0.2) is 52.0 Å². The van der Waals surface area contributed by atoms with Crippen LogP contribution in [0.2, 0.25) is 0 Å².